The molecule has 8 aromatic carbocycles. The van der Waals surface area contributed by atoms with Crippen LogP contribution in [-0.4, -0.2) is 19.1 Å². The number of fused-ring (bicyclic) bond motifs is 7. The van der Waals surface area contributed by atoms with Gasteiger partial charge >= 0.3 is 0 Å². The second-order valence-electron chi connectivity index (χ2n) is 13.8. The van der Waals surface area contributed by atoms with E-state index in [1.165, 1.54) is 54.5 Å². The second-order valence-corrected chi connectivity index (χ2v) is 13.8. The van der Waals surface area contributed by atoms with Gasteiger partial charge in [-0.25, -0.2) is 9.97 Å². The van der Waals surface area contributed by atoms with Crippen LogP contribution in [0.25, 0.3) is 99.7 Å². The smallest absolute Gasteiger partial charge is 0.162 e. The fourth-order valence-corrected chi connectivity index (χ4v) is 8.26. The topological polar surface area (TPSA) is 35.6 Å². The lowest BCUT2D eigenvalue weighted by Gasteiger charge is -2.13. The zero-order valence-corrected chi connectivity index (χ0v) is 29.3. The maximum atomic E-state index is 5.27. The maximum Gasteiger partial charge on any atom is 0.162 e. The van der Waals surface area contributed by atoms with E-state index in [1.807, 2.05) is 18.2 Å². The Morgan fingerprint density at radius 3 is 1.57 bits per heavy atom. The number of hydrogen-bond donors (Lipinski definition) is 0. The SMILES string of the molecule is c1ccc(-c2nc(-c3cccc4ccccc34)cc(-n3c4ccccc4c4cc(-c5ccc6c(c5)c5ccccc5n6-c5ccccc5)ccc43)n2)cc1. The second kappa shape index (κ2) is 12.1. The molecule has 0 amide bonds. The zero-order chi connectivity index (χ0) is 35.6. The standard InChI is InChI=1S/C50H32N4/c1-3-15-34(16-4-1)50-51-44(39-23-13-17-33-14-7-8-20-38(33)39)32-49(52-50)54-46-25-12-10-22-41(46)43-31-36(27-29-48(43)54)35-26-28-47-42(30-35)40-21-9-11-24-45(40)53(47)37-18-5-2-6-19-37/h1-32H. The minimum atomic E-state index is 0.696. The molecule has 0 aliphatic rings. The number of aromatic nitrogens is 4. The molecular weight excluding hydrogens is 657 g/mol. The van der Waals surface area contributed by atoms with Crippen molar-refractivity contribution >= 4 is 54.4 Å². The molecule has 0 bridgehead atoms. The molecule has 0 radical (unpaired) electrons. The highest BCUT2D eigenvalue weighted by Gasteiger charge is 2.19. The van der Waals surface area contributed by atoms with E-state index in [4.69, 9.17) is 9.97 Å². The molecule has 0 spiro atoms. The van der Waals surface area contributed by atoms with Crippen LogP contribution in [0.4, 0.5) is 0 Å². The first-order valence-electron chi connectivity index (χ1n) is 18.3. The summed E-state index contributed by atoms with van der Waals surface area (Å²) in [5, 5.41) is 7.20. The van der Waals surface area contributed by atoms with Crippen molar-refractivity contribution in [2.24, 2.45) is 0 Å². The quantitative estimate of drug-likeness (QED) is 0.180. The van der Waals surface area contributed by atoms with E-state index in [2.05, 4.69) is 185 Å². The van der Waals surface area contributed by atoms with Gasteiger partial charge in [0.25, 0.3) is 0 Å². The third-order valence-corrected chi connectivity index (χ3v) is 10.7. The molecule has 4 heteroatoms. The lowest BCUT2D eigenvalue weighted by Crippen LogP contribution is -2.02. The Morgan fingerprint density at radius 1 is 0.333 bits per heavy atom. The summed E-state index contributed by atoms with van der Waals surface area (Å²) in [6.45, 7) is 0. The molecule has 0 aliphatic heterocycles. The van der Waals surface area contributed by atoms with Crippen LogP contribution < -0.4 is 0 Å². The van der Waals surface area contributed by atoms with Crippen LogP contribution in [0.3, 0.4) is 0 Å². The van der Waals surface area contributed by atoms with Crippen molar-refractivity contribution in [3.05, 3.63) is 194 Å². The summed E-state index contributed by atoms with van der Waals surface area (Å²) in [5.74, 6) is 1.53. The molecule has 0 fully saturated rings. The van der Waals surface area contributed by atoms with Crippen molar-refractivity contribution in [1.82, 2.24) is 19.1 Å². The Morgan fingerprint density at radius 2 is 0.870 bits per heavy atom. The fourth-order valence-electron chi connectivity index (χ4n) is 8.26. The van der Waals surface area contributed by atoms with Crippen LogP contribution >= 0.6 is 0 Å². The minimum Gasteiger partial charge on any atom is -0.309 e. The first-order valence-corrected chi connectivity index (χ1v) is 18.3. The molecule has 4 nitrogen and oxygen atoms in total. The van der Waals surface area contributed by atoms with E-state index in [1.54, 1.807) is 0 Å². The molecule has 0 saturated carbocycles. The summed E-state index contributed by atoms with van der Waals surface area (Å²) in [6, 6.07) is 69.1. The number of para-hydroxylation sites is 3. The molecule has 0 atom stereocenters. The Labute approximate surface area is 311 Å². The van der Waals surface area contributed by atoms with Gasteiger partial charge in [-0.3, -0.25) is 4.57 Å². The molecule has 11 rings (SSSR count). The average molecular weight is 689 g/mol. The van der Waals surface area contributed by atoms with Crippen molar-refractivity contribution in [3.8, 4) is 45.3 Å². The Balaban J connectivity index is 1.12. The predicted molar refractivity (Wildman–Crippen MR) is 225 cm³/mol. The number of rotatable bonds is 5. The van der Waals surface area contributed by atoms with Gasteiger partial charge in [0.1, 0.15) is 5.82 Å². The van der Waals surface area contributed by atoms with Crippen molar-refractivity contribution in [3.63, 3.8) is 0 Å². The summed E-state index contributed by atoms with van der Waals surface area (Å²) in [5.41, 5.74) is 11.1. The number of benzene rings is 8. The molecule has 11 aromatic rings. The fraction of sp³-hybridized carbons (Fsp3) is 0. The van der Waals surface area contributed by atoms with Gasteiger partial charge in [-0.05, 0) is 70.4 Å². The molecule has 54 heavy (non-hydrogen) atoms. The van der Waals surface area contributed by atoms with Crippen molar-refractivity contribution < 1.29 is 0 Å². The van der Waals surface area contributed by atoms with Gasteiger partial charge in [0, 0.05) is 44.4 Å². The normalized spacial score (nSPS) is 11.7. The predicted octanol–water partition coefficient (Wildman–Crippen LogP) is 12.8. The van der Waals surface area contributed by atoms with E-state index in [0.29, 0.717) is 5.82 Å². The summed E-state index contributed by atoms with van der Waals surface area (Å²) in [6.07, 6.45) is 0. The number of nitrogens with zero attached hydrogens (tertiary/aromatic N) is 4. The Bertz CT molecular complexity index is 3200. The molecule has 0 unspecified atom stereocenters. The van der Waals surface area contributed by atoms with Gasteiger partial charge in [0.05, 0.1) is 27.8 Å². The molecule has 252 valence electrons. The lowest BCUT2D eigenvalue weighted by atomic mass is 10.0. The van der Waals surface area contributed by atoms with Gasteiger partial charge in [-0.2, -0.15) is 0 Å². The lowest BCUT2D eigenvalue weighted by molar-refractivity contribution is 1.05. The molecule has 0 aliphatic carbocycles. The molecule has 3 aromatic heterocycles. The summed E-state index contributed by atoms with van der Waals surface area (Å²) < 4.78 is 4.66. The monoisotopic (exact) mass is 688 g/mol. The third kappa shape index (κ3) is 4.78. The molecule has 0 N–H and O–H groups in total. The maximum absolute atomic E-state index is 5.27. The van der Waals surface area contributed by atoms with E-state index >= 15 is 0 Å². The average Bonchev–Trinajstić information content (AvgIpc) is 3.76. The Kier molecular flexibility index (Phi) is 6.82. The first kappa shape index (κ1) is 30.3. The molecular formula is C50H32N4. The van der Waals surface area contributed by atoms with Crippen LogP contribution in [0, 0.1) is 0 Å². The molecule has 3 heterocycles. The van der Waals surface area contributed by atoms with E-state index in [0.717, 1.165) is 39.4 Å². The zero-order valence-electron chi connectivity index (χ0n) is 29.3. The van der Waals surface area contributed by atoms with Crippen LogP contribution in [0.15, 0.2) is 194 Å². The summed E-state index contributed by atoms with van der Waals surface area (Å²) in [7, 11) is 0. The van der Waals surface area contributed by atoms with Gasteiger partial charge in [0.15, 0.2) is 5.82 Å². The van der Waals surface area contributed by atoms with Gasteiger partial charge in [-0.15, -0.1) is 0 Å². The highest BCUT2D eigenvalue weighted by atomic mass is 15.1. The van der Waals surface area contributed by atoms with Gasteiger partial charge < -0.3 is 4.57 Å². The minimum absolute atomic E-state index is 0.696. The molecule has 0 saturated heterocycles. The van der Waals surface area contributed by atoms with Crippen LogP contribution in [-0.2, 0) is 0 Å². The summed E-state index contributed by atoms with van der Waals surface area (Å²) in [4.78, 5) is 10.5. The van der Waals surface area contributed by atoms with E-state index < -0.39 is 0 Å². The van der Waals surface area contributed by atoms with Gasteiger partial charge in [0.2, 0.25) is 0 Å². The van der Waals surface area contributed by atoms with Gasteiger partial charge in [-0.1, -0.05) is 140 Å². The largest absolute Gasteiger partial charge is 0.309 e. The Hall–Kier alpha value is -7.30. The highest BCUT2D eigenvalue weighted by Crippen LogP contribution is 2.39. The van der Waals surface area contributed by atoms with E-state index in [-0.39, 0.29) is 0 Å². The van der Waals surface area contributed by atoms with Crippen molar-refractivity contribution in [2.45, 2.75) is 0 Å². The van der Waals surface area contributed by atoms with Crippen molar-refractivity contribution in [2.75, 3.05) is 0 Å². The van der Waals surface area contributed by atoms with Crippen molar-refractivity contribution in [1.29, 1.82) is 0 Å². The third-order valence-electron chi connectivity index (χ3n) is 10.7. The summed E-state index contributed by atoms with van der Waals surface area (Å²) >= 11 is 0. The highest BCUT2D eigenvalue weighted by molar-refractivity contribution is 6.12. The first-order chi connectivity index (χ1) is 26.8. The van der Waals surface area contributed by atoms with E-state index in [9.17, 15) is 0 Å². The van der Waals surface area contributed by atoms with Crippen LogP contribution in [0.2, 0.25) is 0 Å². The van der Waals surface area contributed by atoms with Crippen LogP contribution in [0.1, 0.15) is 0 Å². The van der Waals surface area contributed by atoms with Crippen LogP contribution in [0.5, 0.6) is 0 Å². The number of hydrogen-bond acceptors (Lipinski definition) is 2.